The van der Waals surface area contributed by atoms with Crippen LogP contribution in [0.4, 0.5) is 0 Å². The van der Waals surface area contributed by atoms with Crippen LogP contribution in [0.15, 0.2) is 18.3 Å². The molecule has 0 aliphatic carbocycles. The van der Waals surface area contributed by atoms with E-state index >= 15 is 0 Å². The number of hydrogen-bond acceptors (Lipinski definition) is 5. The lowest BCUT2D eigenvalue weighted by Crippen LogP contribution is -1.97. The molecule has 0 amide bonds. The molecule has 0 saturated heterocycles. The molecule has 102 valence electrons. The second-order valence-corrected chi connectivity index (χ2v) is 5.70. The van der Waals surface area contributed by atoms with E-state index in [1.54, 1.807) is 6.20 Å². The highest BCUT2D eigenvalue weighted by Crippen LogP contribution is 2.40. The number of nitrogens with zero attached hydrogens (tertiary/aromatic N) is 1. The smallest absolute Gasteiger partial charge is 0.351 e. The van der Waals surface area contributed by atoms with Crippen LogP contribution >= 0.6 is 11.3 Å². The average Bonchev–Trinajstić information content (AvgIpc) is 2.79. The Morgan fingerprint density at radius 1 is 1.30 bits per heavy atom. The molecular formula is C15H13NO3S. The van der Waals surface area contributed by atoms with Gasteiger partial charge in [-0.1, -0.05) is 12.1 Å². The summed E-state index contributed by atoms with van der Waals surface area (Å²) in [5, 5.41) is 11.7. The summed E-state index contributed by atoms with van der Waals surface area (Å²) < 4.78 is 5.55. The molecule has 0 radical (unpaired) electrons. The van der Waals surface area contributed by atoms with Crippen LogP contribution in [0, 0.1) is 13.8 Å². The number of esters is 1. The van der Waals surface area contributed by atoms with E-state index in [4.69, 9.17) is 4.74 Å². The van der Waals surface area contributed by atoms with E-state index in [0.717, 1.165) is 21.2 Å². The number of rotatable bonds is 1. The molecule has 3 rings (SSSR count). The van der Waals surface area contributed by atoms with E-state index in [9.17, 15) is 9.90 Å². The monoisotopic (exact) mass is 287 g/mol. The van der Waals surface area contributed by atoms with Crippen molar-refractivity contribution in [1.82, 2.24) is 4.98 Å². The molecule has 20 heavy (non-hydrogen) atoms. The van der Waals surface area contributed by atoms with Crippen molar-refractivity contribution in [2.24, 2.45) is 0 Å². The van der Waals surface area contributed by atoms with Crippen molar-refractivity contribution < 1.29 is 14.6 Å². The van der Waals surface area contributed by atoms with Crippen molar-refractivity contribution in [2.45, 2.75) is 13.8 Å². The van der Waals surface area contributed by atoms with Gasteiger partial charge in [0.15, 0.2) is 4.88 Å². The number of fused-ring (bicyclic) bond motifs is 3. The van der Waals surface area contributed by atoms with Gasteiger partial charge in [0.25, 0.3) is 0 Å². The van der Waals surface area contributed by atoms with Crippen molar-refractivity contribution in [3.8, 4) is 5.75 Å². The summed E-state index contributed by atoms with van der Waals surface area (Å²) in [5.74, 6) is -0.579. The zero-order chi connectivity index (χ0) is 14.4. The van der Waals surface area contributed by atoms with Crippen LogP contribution in [0.3, 0.4) is 0 Å². The van der Waals surface area contributed by atoms with E-state index in [0.29, 0.717) is 5.39 Å². The van der Waals surface area contributed by atoms with Gasteiger partial charge in [0.05, 0.1) is 18.0 Å². The van der Waals surface area contributed by atoms with Crippen molar-refractivity contribution in [2.75, 3.05) is 7.11 Å². The molecule has 3 aromatic rings. The lowest BCUT2D eigenvalue weighted by atomic mass is 10.0. The predicted octanol–water partition coefficient (Wildman–Crippen LogP) is 3.56. The number of thiophene rings is 1. The molecule has 0 aliphatic heterocycles. The molecule has 0 unspecified atom stereocenters. The van der Waals surface area contributed by atoms with Gasteiger partial charge in [0.1, 0.15) is 5.75 Å². The SMILES string of the molecule is COC(=O)c1sc2c(cnc3c(C)c(C)ccc32)c1O. The molecule has 0 fully saturated rings. The van der Waals surface area contributed by atoms with Gasteiger partial charge in [-0.05, 0) is 25.0 Å². The Bertz CT molecular complexity index is 851. The predicted molar refractivity (Wildman–Crippen MR) is 79.6 cm³/mol. The standard InChI is InChI=1S/C15H13NO3S/c1-7-4-5-9-11(8(7)2)16-6-10-12(17)14(15(18)19-3)20-13(9)10/h4-6,17H,1-3H3. The number of carbonyl (C=O) groups is 1. The Morgan fingerprint density at radius 3 is 2.75 bits per heavy atom. The fourth-order valence-electron chi connectivity index (χ4n) is 2.27. The minimum absolute atomic E-state index is 0.0514. The van der Waals surface area contributed by atoms with Gasteiger partial charge in [0, 0.05) is 16.3 Å². The van der Waals surface area contributed by atoms with Gasteiger partial charge in [-0.25, -0.2) is 4.79 Å². The minimum Gasteiger partial charge on any atom is -0.505 e. The highest BCUT2D eigenvalue weighted by atomic mass is 32.1. The second-order valence-electron chi connectivity index (χ2n) is 4.68. The quantitative estimate of drug-likeness (QED) is 0.695. The van der Waals surface area contributed by atoms with Crippen LogP contribution in [-0.4, -0.2) is 23.2 Å². The topological polar surface area (TPSA) is 59.4 Å². The number of aromatic nitrogens is 1. The minimum atomic E-state index is -0.527. The number of carbonyl (C=O) groups excluding carboxylic acids is 1. The van der Waals surface area contributed by atoms with Gasteiger partial charge in [0.2, 0.25) is 0 Å². The van der Waals surface area contributed by atoms with Gasteiger partial charge in [-0.2, -0.15) is 0 Å². The lowest BCUT2D eigenvalue weighted by Gasteiger charge is -2.05. The highest BCUT2D eigenvalue weighted by molar-refractivity contribution is 7.22. The number of pyridine rings is 1. The molecule has 0 aliphatic rings. The Labute approximate surface area is 119 Å². The van der Waals surface area contributed by atoms with Crippen molar-refractivity contribution >= 4 is 38.3 Å². The first-order chi connectivity index (χ1) is 9.54. The van der Waals surface area contributed by atoms with E-state index < -0.39 is 5.97 Å². The van der Waals surface area contributed by atoms with Crippen molar-refractivity contribution in [3.05, 3.63) is 34.3 Å². The van der Waals surface area contributed by atoms with E-state index in [1.807, 2.05) is 26.0 Å². The normalized spacial score (nSPS) is 11.2. The molecule has 1 N–H and O–H groups in total. The summed E-state index contributed by atoms with van der Waals surface area (Å²) in [5.41, 5.74) is 3.17. The molecule has 1 aromatic carbocycles. The van der Waals surface area contributed by atoms with Crippen molar-refractivity contribution in [3.63, 3.8) is 0 Å². The molecule has 4 nitrogen and oxygen atoms in total. The Morgan fingerprint density at radius 2 is 2.05 bits per heavy atom. The summed E-state index contributed by atoms with van der Waals surface area (Å²) >= 11 is 1.24. The maximum atomic E-state index is 11.7. The van der Waals surface area contributed by atoms with Crippen LogP contribution in [0.5, 0.6) is 5.75 Å². The summed E-state index contributed by atoms with van der Waals surface area (Å²) in [6, 6.07) is 4.00. The number of aromatic hydroxyl groups is 1. The van der Waals surface area contributed by atoms with Gasteiger partial charge in [-0.3, -0.25) is 4.98 Å². The average molecular weight is 287 g/mol. The van der Waals surface area contributed by atoms with E-state index in [2.05, 4.69) is 4.98 Å². The third-order valence-electron chi connectivity index (χ3n) is 3.56. The van der Waals surface area contributed by atoms with Crippen LogP contribution in [-0.2, 0) is 4.74 Å². The van der Waals surface area contributed by atoms with Crippen LogP contribution in [0.1, 0.15) is 20.8 Å². The fourth-order valence-corrected chi connectivity index (χ4v) is 3.38. The molecule has 2 heterocycles. The zero-order valence-corrected chi connectivity index (χ0v) is 12.2. The highest BCUT2D eigenvalue weighted by Gasteiger charge is 2.20. The summed E-state index contributed by atoms with van der Waals surface area (Å²) in [4.78, 5) is 16.3. The fraction of sp³-hybridized carbons (Fsp3) is 0.200. The first-order valence-electron chi connectivity index (χ1n) is 6.13. The summed E-state index contributed by atoms with van der Waals surface area (Å²) in [6.07, 6.45) is 1.61. The molecular weight excluding hydrogens is 274 g/mol. The number of aryl methyl sites for hydroxylation is 2. The van der Waals surface area contributed by atoms with E-state index in [-0.39, 0.29) is 10.6 Å². The number of ether oxygens (including phenoxy) is 1. The first kappa shape index (κ1) is 12.9. The second kappa shape index (κ2) is 4.45. The maximum Gasteiger partial charge on any atom is 0.351 e. The largest absolute Gasteiger partial charge is 0.505 e. The Kier molecular flexibility index (Phi) is 2.87. The van der Waals surface area contributed by atoms with Crippen LogP contribution < -0.4 is 0 Å². The third-order valence-corrected chi connectivity index (χ3v) is 4.77. The van der Waals surface area contributed by atoms with Crippen molar-refractivity contribution in [1.29, 1.82) is 0 Å². The van der Waals surface area contributed by atoms with Gasteiger partial charge < -0.3 is 9.84 Å². The third kappa shape index (κ3) is 1.67. The molecule has 0 bridgehead atoms. The van der Waals surface area contributed by atoms with Crippen LogP contribution in [0.25, 0.3) is 21.0 Å². The Hall–Kier alpha value is -2.14. The molecule has 5 heteroatoms. The molecule has 2 aromatic heterocycles. The summed E-state index contributed by atoms with van der Waals surface area (Å²) in [7, 11) is 1.30. The zero-order valence-electron chi connectivity index (χ0n) is 11.4. The van der Waals surface area contributed by atoms with E-state index in [1.165, 1.54) is 24.0 Å². The lowest BCUT2D eigenvalue weighted by molar-refractivity contribution is 0.0603. The number of methoxy groups -OCH3 is 1. The molecule has 0 saturated carbocycles. The van der Waals surface area contributed by atoms with Gasteiger partial charge >= 0.3 is 5.97 Å². The summed E-state index contributed by atoms with van der Waals surface area (Å²) in [6.45, 7) is 4.05. The number of benzene rings is 1. The van der Waals surface area contributed by atoms with Crippen LogP contribution in [0.2, 0.25) is 0 Å². The van der Waals surface area contributed by atoms with Gasteiger partial charge in [-0.15, -0.1) is 11.3 Å². The molecule has 0 spiro atoms. The molecule has 0 atom stereocenters. The number of hydrogen-bond donors (Lipinski definition) is 1. The first-order valence-corrected chi connectivity index (χ1v) is 6.95. The maximum absolute atomic E-state index is 11.7. The Balaban J connectivity index is 2.43.